The lowest BCUT2D eigenvalue weighted by Gasteiger charge is -2.13. The molecule has 116 valence electrons. The molecular weight excluding hydrogens is 288 g/mol. The number of nitrogens with zero attached hydrogens (tertiary/aromatic N) is 1. The zero-order chi connectivity index (χ0) is 15.5. The molecular formula is C14H22N4O2S. The van der Waals surface area contributed by atoms with Gasteiger partial charge in [0.15, 0.2) is 0 Å². The van der Waals surface area contributed by atoms with Gasteiger partial charge < -0.3 is 10.3 Å². The van der Waals surface area contributed by atoms with Gasteiger partial charge in [0.05, 0.1) is 23.3 Å². The van der Waals surface area contributed by atoms with Crippen LogP contribution in [0.2, 0.25) is 0 Å². The second-order valence-electron chi connectivity index (χ2n) is 5.24. The minimum absolute atomic E-state index is 0.0290. The number of aromatic amines is 1. The van der Waals surface area contributed by atoms with Crippen molar-refractivity contribution >= 4 is 21.1 Å². The molecule has 6 nitrogen and oxygen atoms in total. The first kappa shape index (κ1) is 15.9. The van der Waals surface area contributed by atoms with Crippen LogP contribution in [0, 0.1) is 6.92 Å². The third-order valence-corrected chi connectivity index (χ3v) is 4.66. The van der Waals surface area contributed by atoms with Crippen LogP contribution in [-0.2, 0) is 16.6 Å². The molecule has 0 aliphatic carbocycles. The normalized spacial score (nSPS) is 13.7. The van der Waals surface area contributed by atoms with Crippen molar-refractivity contribution in [1.82, 2.24) is 20.0 Å². The van der Waals surface area contributed by atoms with Crippen molar-refractivity contribution < 1.29 is 8.42 Å². The number of nitrogens with one attached hydrogen (secondary N) is 3. The monoisotopic (exact) mass is 310 g/mol. The predicted octanol–water partition coefficient (Wildman–Crippen LogP) is 1.29. The summed E-state index contributed by atoms with van der Waals surface area (Å²) in [6.07, 6.45) is 0. The van der Waals surface area contributed by atoms with E-state index in [1.165, 1.54) is 5.56 Å². The van der Waals surface area contributed by atoms with Crippen molar-refractivity contribution in [3.63, 3.8) is 0 Å². The molecule has 0 aliphatic rings. The van der Waals surface area contributed by atoms with E-state index in [1.54, 1.807) is 6.92 Å². The summed E-state index contributed by atoms with van der Waals surface area (Å²) in [6.45, 7) is 6.54. The van der Waals surface area contributed by atoms with Crippen LogP contribution in [0.1, 0.15) is 25.2 Å². The molecule has 0 fully saturated rings. The largest absolute Gasteiger partial charge is 0.341 e. The van der Waals surface area contributed by atoms with Gasteiger partial charge in [0.1, 0.15) is 5.82 Å². The number of aromatic nitrogens is 2. The average molecular weight is 310 g/mol. The van der Waals surface area contributed by atoms with E-state index in [1.807, 2.05) is 26.0 Å². The zero-order valence-electron chi connectivity index (χ0n) is 12.6. The molecule has 2 aromatic rings. The Labute approximate surface area is 125 Å². The second kappa shape index (κ2) is 6.55. The zero-order valence-corrected chi connectivity index (χ0v) is 13.4. The highest BCUT2D eigenvalue weighted by Crippen LogP contribution is 2.13. The maximum Gasteiger partial charge on any atom is 0.211 e. The summed E-state index contributed by atoms with van der Waals surface area (Å²) in [4.78, 5) is 7.76. The average Bonchev–Trinajstić information content (AvgIpc) is 2.85. The van der Waals surface area contributed by atoms with E-state index in [2.05, 4.69) is 26.1 Å². The minimum Gasteiger partial charge on any atom is -0.341 e. The fourth-order valence-corrected chi connectivity index (χ4v) is 2.67. The number of aryl methyl sites for hydroxylation is 1. The molecule has 0 amide bonds. The van der Waals surface area contributed by atoms with Gasteiger partial charge in [0.2, 0.25) is 10.0 Å². The topological polar surface area (TPSA) is 86.9 Å². The Hall–Kier alpha value is -1.44. The lowest BCUT2D eigenvalue weighted by molar-refractivity contribution is 0.518. The quantitative estimate of drug-likeness (QED) is 0.719. The number of H-pyrrole nitrogens is 1. The molecule has 2 rings (SSSR count). The molecule has 1 heterocycles. The van der Waals surface area contributed by atoms with E-state index in [0.29, 0.717) is 13.1 Å². The van der Waals surface area contributed by atoms with Crippen molar-refractivity contribution in [3.05, 3.63) is 29.6 Å². The molecule has 1 unspecified atom stereocenters. The predicted molar refractivity (Wildman–Crippen MR) is 84.6 cm³/mol. The van der Waals surface area contributed by atoms with Gasteiger partial charge in [0.25, 0.3) is 0 Å². The first-order valence-corrected chi connectivity index (χ1v) is 8.71. The lowest BCUT2D eigenvalue weighted by Crippen LogP contribution is -2.39. The molecule has 0 bridgehead atoms. The van der Waals surface area contributed by atoms with Gasteiger partial charge in [-0.25, -0.2) is 18.1 Å². The molecule has 21 heavy (non-hydrogen) atoms. The standard InChI is InChI=1S/C14H22N4O2S/c1-4-21(19,20)16-8-11(3)15-9-14-17-12-6-5-10(2)7-13(12)18-14/h5-7,11,15-16H,4,8-9H2,1-3H3,(H,17,18). The summed E-state index contributed by atoms with van der Waals surface area (Å²) >= 11 is 0. The molecule has 1 atom stereocenters. The molecule has 0 radical (unpaired) electrons. The van der Waals surface area contributed by atoms with E-state index in [9.17, 15) is 8.42 Å². The van der Waals surface area contributed by atoms with Crippen LogP contribution in [0.3, 0.4) is 0 Å². The van der Waals surface area contributed by atoms with Crippen molar-refractivity contribution in [3.8, 4) is 0 Å². The molecule has 0 saturated carbocycles. The smallest absolute Gasteiger partial charge is 0.211 e. The summed E-state index contributed by atoms with van der Waals surface area (Å²) in [6, 6.07) is 6.11. The number of sulfonamides is 1. The van der Waals surface area contributed by atoms with E-state index in [-0.39, 0.29) is 11.8 Å². The van der Waals surface area contributed by atoms with Crippen LogP contribution in [-0.4, -0.2) is 36.7 Å². The highest BCUT2D eigenvalue weighted by Gasteiger charge is 2.10. The van der Waals surface area contributed by atoms with Gasteiger partial charge in [-0.1, -0.05) is 6.07 Å². The van der Waals surface area contributed by atoms with Crippen LogP contribution in [0.15, 0.2) is 18.2 Å². The molecule has 7 heteroatoms. The Morgan fingerprint density at radius 2 is 2.14 bits per heavy atom. The van der Waals surface area contributed by atoms with Gasteiger partial charge in [-0.3, -0.25) is 0 Å². The summed E-state index contributed by atoms with van der Waals surface area (Å²) in [7, 11) is -3.14. The summed E-state index contributed by atoms with van der Waals surface area (Å²) in [5.41, 5.74) is 3.15. The molecule has 0 aliphatic heterocycles. The maximum absolute atomic E-state index is 11.4. The van der Waals surface area contributed by atoms with Crippen LogP contribution in [0.25, 0.3) is 11.0 Å². The van der Waals surface area contributed by atoms with Crippen molar-refractivity contribution in [2.24, 2.45) is 0 Å². The fourth-order valence-electron chi connectivity index (χ4n) is 1.96. The third-order valence-electron chi connectivity index (χ3n) is 3.29. The van der Waals surface area contributed by atoms with E-state index in [4.69, 9.17) is 0 Å². The van der Waals surface area contributed by atoms with Gasteiger partial charge in [-0.05, 0) is 38.5 Å². The number of imidazole rings is 1. The van der Waals surface area contributed by atoms with E-state index >= 15 is 0 Å². The summed E-state index contributed by atoms with van der Waals surface area (Å²) < 4.78 is 25.3. The molecule has 0 spiro atoms. The number of hydrogen-bond acceptors (Lipinski definition) is 4. The van der Waals surface area contributed by atoms with Crippen LogP contribution >= 0.6 is 0 Å². The number of hydrogen-bond donors (Lipinski definition) is 3. The Balaban J connectivity index is 1.89. The Kier molecular flexibility index (Phi) is 4.97. The number of benzene rings is 1. The molecule has 1 aromatic heterocycles. The van der Waals surface area contributed by atoms with Gasteiger partial charge in [-0.2, -0.15) is 0 Å². The third kappa shape index (κ3) is 4.52. The van der Waals surface area contributed by atoms with Crippen molar-refractivity contribution in [1.29, 1.82) is 0 Å². The van der Waals surface area contributed by atoms with Crippen LogP contribution in [0.5, 0.6) is 0 Å². The SMILES string of the molecule is CCS(=O)(=O)NCC(C)NCc1nc2ccc(C)cc2[nH]1. The van der Waals surface area contributed by atoms with Gasteiger partial charge in [-0.15, -0.1) is 0 Å². The van der Waals surface area contributed by atoms with Crippen LogP contribution in [0.4, 0.5) is 0 Å². The van der Waals surface area contributed by atoms with Gasteiger partial charge >= 0.3 is 0 Å². The number of fused-ring (bicyclic) bond motifs is 1. The highest BCUT2D eigenvalue weighted by molar-refractivity contribution is 7.89. The maximum atomic E-state index is 11.4. The minimum atomic E-state index is -3.14. The Bertz CT molecular complexity index is 709. The Morgan fingerprint density at radius 1 is 1.38 bits per heavy atom. The molecule has 0 saturated heterocycles. The van der Waals surface area contributed by atoms with Gasteiger partial charge in [0, 0.05) is 12.6 Å². The van der Waals surface area contributed by atoms with Crippen molar-refractivity contribution in [2.75, 3.05) is 12.3 Å². The highest BCUT2D eigenvalue weighted by atomic mass is 32.2. The van der Waals surface area contributed by atoms with E-state index in [0.717, 1.165) is 16.9 Å². The fraction of sp³-hybridized carbons (Fsp3) is 0.500. The molecule has 1 aromatic carbocycles. The summed E-state index contributed by atoms with van der Waals surface area (Å²) in [5, 5.41) is 3.25. The van der Waals surface area contributed by atoms with Crippen molar-refractivity contribution in [2.45, 2.75) is 33.4 Å². The summed E-state index contributed by atoms with van der Waals surface area (Å²) in [5.74, 6) is 0.948. The Morgan fingerprint density at radius 3 is 2.86 bits per heavy atom. The first-order chi connectivity index (χ1) is 9.89. The molecule has 3 N–H and O–H groups in total. The second-order valence-corrected chi connectivity index (χ2v) is 7.33. The number of rotatable bonds is 7. The van der Waals surface area contributed by atoms with Crippen LogP contribution < -0.4 is 10.0 Å². The van der Waals surface area contributed by atoms with E-state index < -0.39 is 10.0 Å². The lowest BCUT2D eigenvalue weighted by atomic mass is 10.2. The first-order valence-electron chi connectivity index (χ1n) is 7.05.